The van der Waals surface area contributed by atoms with Gasteiger partial charge in [-0.05, 0) is 18.1 Å². The molecule has 6 nitrogen and oxygen atoms in total. The molecule has 0 saturated carbocycles. The summed E-state index contributed by atoms with van der Waals surface area (Å²) in [6.07, 6.45) is -1.52. The van der Waals surface area contributed by atoms with Crippen molar-refractivity contribution >= 4 is 11.7 Å². The van der Waals surface area contributed by atoms with Crippen LogP contribution in [0.25, 0.3) is 0 Å². The Morgan fingerprint density at radius 2 is 2.18 bits per heavy atom. The number of aliphatic hydroxyl groups excluding tert-OH is 1. The van der Waals surface area contributed by atoms with E-state index in [0.717, 1.165) is 12.1 Å². The highest BCUT2D eigenvalue weighted by atomic mass is 19.1. The van der Waals surface area contributed by atoms with Crippen molar-refractivity contribution < 1.29 is 24.3 Å². The molecule has 0 aliphatic heterocycles. The summed E-state index contributed by atoms with van der Waals surface area (Å²) in [7, 11) is 0. The Bertz CT molecular complexity index is 448. The number of nitro groups is 1. The summed E-state index contributed by atoms with van der Waals surface area (Å²) in [6.45, 7) is 0. The van der Waals surface area contributed by atoms with Crippen molar-refractivity contribution in [1.82, 2.24) is 0 Å². The summed E-state index contributed by atoms with van der Waals surface area (Å²) < 4.78 is 13.0. The first-order chi connectivity index (χ1) is 7.91. The summed E-state index contributed by atoms with van der Waals surface area (Å²) in [5, 5.41) is 28.4. The topological polar surface area (TPSA) is 101 Å². The number of benzene rings is 1. The van der Waals surface area contributed by atoms with Gasteiger partial charge in [0.25, 0.3) is 0 Å². The third-order valence-corrected chi connectivity index (χ3v) is 2.18. The zero-order chi connectivity index (χ0) is 13.0. The van der Waals surface area contributed by atoms with E-state index in [2.05, 4.69) is 0 Å². The number of aliphatic hydroxyl groups is 1. The number of carbonyl (C=O) groups is 1. The summed E-state index contributed by atoms with van der Waals surface area (Å²) in [5.74, 6) is -2.08. The monoisotopic (exact) mass is 243 g/mol. The van der Waals surface area contributed by atoms with Gasteiger partial charge in [0.05, 0.1) is 11.0 Å². The van der Waals surface area contributed by atoms with Gasteiger partial charge in [-0.2, -0.15) is 4.39 Å². The van der Waals surface area contributed by atoms with E-state index in [1.165, 1.54) is 6.07 Å². The fourth-order valence-corrected chi connectivity index (χ4v) is 1.30. The number of carboxylic acid groups (broad SMARTS) is 1. The molecule has 1 atom stereocenters. The first kappa shape index (κ1) is 13.0. The van der Waals surface area contributed by atoms with E-state index in [-0.39, 0.29) is 18.4 Å². The van der Waals surface area contributed by atoms with Crippen molar-refractivity contribution in [3.8, 4) is 0 Å². The summed E-state index contributed by atoms with van der Waals surface area (Å²) in [4.78, 5) is 19.8. The molecular formula is C10H10FNO5. The van der Waals surface area contributed by atoms with Gasteiger partial charge in [0.1, 0.15) is 0 Å². The molecule has 0 bridgehead atoms. The smallest absolute Gasteiger partial charge is 0.305 e. The molecule has 0 spiro atoms. The van der Waals surface area contributed by atoms with Crippen LogP contribution in [0.15, 0.2) is 18.2 Å². The van der Waals surface area contributed by atoms with Crippen molar-refractivity contribution in [1.29, 1.82) is 0 Å². The summed E-state index contributed by atoms with van der Waals surface area (Å²) in [6, 6.07) is 2.97. The zero-order valence-electron chi connectivity index (χ0n) is 8.67. The lowest BCUT2D eigenvalue weighted by Crippen LogP contribution is -2.03. The lowest BCUT2D eigenvalue weighted by atomic mass is 10.0. The van der Waals surface area contributed by atoms with Gasteiger partial charge in [0.15, 0.2) is 0 Å². The molecule has 1 aromatic carbocycles. The molecule has 0 saturated heterocycles. The molecule has 17 heavy (non-hydrogen) atoms. The number of hydrogen-bond acceptors (Lipinski definition) is 4. The highest BCUT2D eigenvalue weighted by Gasteiger charge is 2.18. The van der Waals surface area contributed by atoms with E-state index in [1.807, 2.05) is 0 Å². The number of halogens is 1. The predicted octanol–water partition coefficient (Wildman–Crippen LogP) is 1.63. The average molecular weight is 243 g/mol. The molecule has 0 fully saturated rings. The molecule has 0 heterocycles. The van der Waals surface area contributed by atoms with Crippen molar-refractivity contribution in [3.05, 3.63) is 39.7 Å². The Labute approximate surface area is 95.5 Å². The van der Waals surface area contributed by atoms with Crippen LogP contribution < -0.4 is 0 Å². The van der Waals surface area contributed by atoms with Crippen molar-refractivity contribution in [2.24, 2.45) is 0 Å². The Morgan fingerprint density at radius 3 is 2.71 bits per heavy atom. The van der Waals surface area contributed by atoms with Gasteiger partial charge in [-0.3, -0.25) is 14.9 Å². The second-order valence-corrected chi connectivity index (χ2v) is 3.42. The van der Waals surface area contributed by atoms with Crippen LogP contribution in [-0.2, 0) is 4.79 Å². The minimum atomic E-state index is -1.16. The molecule has 1 aromatic rings. The molecule has 0 radical (unpaired) electrons. The molecule has 92 valence electrons. The zero-order valence-corrected chi connectivity index (χ0v) is 8.67. The minimum absolute atomic E-state index is 0.0852. The standard InChI is InChI=1S/C10H10FNO5/c11-7-2-1-6(5-8(7)12(16)17)9(13)3-4-10(14)15/h1-2,5,9,13H,3-4H2,(H,14,15). The molecule has 0 aromatic heterocycles. The van der Waals surface area contributed by atoms with E-state index in [4.69, 9.17) is 5.11 Å². The summed E-state index contributed by atoms with van der Waals surface area (Å²) in [5.41, 5.74) is -0.615. The van der Waals surface area contributed by atoms with Crippen LogP contribution in [0.2, 0.25) is 0 Å². The van der Waals surface area contributed by atoms with E-state index in [0.29, 0.717) is 0 Å². The van der Waals surface area contributed by atoms with Gasteiger partial charge in [0, 0.05) is 12.5 Å². The number of nitrogens with zero attached hydrogens (tertiary/aromatic N) is 1. The second-order valence-electron chi connectivity index (χ2n) is 3.42. The SMILES string of the molecule is O=C(O)CCC(O)c1ccc(F)c([N+](=O)[O-])c1. The fraction of sp³-hybridized carbons (Fsp3) is 0.300. The first-order valence-corrected chi connectivity index (χ1v) is 4.75. The van der Waals surface area contributed by atoms with Crippen molar-refractivity contribution in [2.45, 2.75) is 18.9 Å². The van der Waals surface area contributed by atoms with Crippen LogP contribution in [-0.4, -0.2) is 21.1 Å². The van der Waals surface area contributed by atoms with Crippen LogP contribution in [0.1, 0.15) is 24.5 Å². The molecule has 0 amide bonds. The van der Waals surface area contributed by atoms with Crippen molar-refractivity contribution in [2.75, 3.05) is 0 Å². The fourth-order valence-electron chi connectivity index (χ4n) is 1.30. The van der Waals surface area contributed by atoms with E-state index in [9.17, 15) is 24.4 Å². The Kier molecular flexibility index (Phi) is 4.11. The van der Waals surface area contributed by atoms with Gasteiger partial charge in [-0.25, -0.2) is 0 Å². The Hall–Kier alpha value is -2.02. The molecule has 2 N–H and O–H groups in total. The van der Waals surface area contributed by atoms with E-state index < -0.39 is 28.5 Å². The maximum atomic E-state index is 13.0. The largest absolute Gasteiger partial charge is 0.481 e. The maximum Gasteiger partial charge on any atom is 0.305 e. The Balaban J connectivity index is 2.87. The van der Waals surface area contributed by atoms with Gasteiger partial charge < -0.3 is 10.2 Å². The molecule has 1 unspecified atom stereocenters. The number of nitro benzene ring substituents is 1. The van der Waals surface area contributed by atoms with Gasteiger partial charge in [0.2, 0.25) is 5.82 Å². The lowest BCUT2D eigenvalue weighted by molar-refractivity contribution is -0.387. The number of rotatable bonds is 5. The second kappa shape index (κ2) is 5.35. The van der Waals surface area contributed by atoms with Crippen LogP contribution in [0.5, 0.6) is 0 Å². The van der Waals surface area contributed by atoms with Gasteiger partial charge in [-0.15, -0.1) is 0 Å². The minimum Gasteiger partial charge on any atom is -0.481 e. The van der Waals surface area contributed by atoms with E-state index in [1.54, 1.807) is 0 Å². The van der Waals surface area contributed by atoms with E-state index >= 15 is 0 Å². The third-order valence-electron chi connectivity index (χ3n) is 2.18. The molecule has 7 heteroatoms. The number of hydrogen-bond donors (Lipinski definition) is 2. The van der Waals surface area contributed by atoms with Crippen LogP contribution in [0, 0.1) is 15.9 Å². The Morgan fingerprint density at radius 1 is 1.53 bits per heavy atom. The van der Waals surface area contributed by atoms with Crippen LogP contribution in [0.3, 0.4) is 0 Å². The average Bonchev–Trinajstić information content (AvgIpc) is 2.26. The normalized spacial score (nSPS) is 12.1. The maximum absolute atomic E-state index is 13.0. The first-order valence-electron chi connectivity index (χ1n) is 4.75. The number of aliphatic carboxylic acids is 1. The highest BCUT2D eigenvalue weighted by Crippen LogP contribution is 2.25. The number of carboxylic acids is 1. The molecule has 0 aliphatic rings. The molecule has 0 aliphatic carbocycles. The molecule has 1 rings (SSSR count). The quantitative estimate of drug-likeness (QED) is 0.604. The van der Waals surface area contributed by atoms with Gasteiger partial charge >= 0.3 is 11.7 Å². The van der Waals surface area contributed by atoms with Crippen molar-refractivity contribution in [3.63, 3.8) is 0 Å². The molecular weight excluding hydrogens is 233 g/mol. The van der Waals surface area contributed by atoms with Crippen LogP contribution in [0.4, 0.5) is 10.1 Å². The lowest BCUT2D eigenvalue weighted by Gasteiger charge is -2.09. The predicted molar refractivity (Wildman–Crippen MR) is 54.9 cm³/mol. The third kappa shape index (κ3) is 3.49. The van der Waals surface area contributed by atoms with Crippen LogP contribution >= 0.6 is 0 Å². The highest BCUT2D eigenvalue weighted by molar-refractivity contribution is 5.66. The summed E-state index contributed by atoms with van der Waals surface area (Å²) >= 11 is 0. The van der Waals surface area contributed by atoms with Gasteiger partial charge in [-0.1, -0.05) is 6.07 Å².